The number of rotatable bonds is 2. The van der Waals surface area contributed by atoms with Crippen LogP contribution < -0.4 is 5.59 Å². The van der Waals surface area contributed by atoms with Gasteiger partial charge in [-0.3, -0.25) is 0 Å². The van der Waals surface area contributed by atoms with Crippen molar-refractivity contribution in [3.8, 4) is 11.1 Å². The van der Waals surface area contributed by atoms with Gasteiger partial charge in [-0.05, 0) is 23.8 Å². The summed E-state index contributed by atoms with van der Waals surface area (Å²) in [6, 6.07) is 17.5. The van der Waals surface area contributed by atoms with Crippen LogP contribution >= 0.6 is 0 Å². The molecule has 0 spiro atoms. The molecule has 0 bridgehead atoms. The van der Waals surface area contributed by atoms with Gasteiger partial charge in [-0.15, -0.1) is 0 Å². The van der Waals surface area contributed by atoms with Crippen molar-refractivity contribution in [3.63, 3.8) is 0 Å². The number of hydrogen-bond donors (Lipinski definition) is 2. The van der Waals surface area contributed by atoms with Crippen LogP contribution in [0.5, 0.6) is 0 Å². The lowest BCUT2D eigenvalue weighted by Gasteiger charge is -2.03. The smallest absolute Gasteiger partial charge is 0.422 e. The Morgan fingerprint density at radius 2 is 1.61 bits per heavy atom. The van der Waals surface area contributed by atoms with Gasteiger partial charge in [-0.25, -0.2) is 0 Å². The first-order valence-electron chi connectivity index (χ1n) is 5.78. The van der Waals surface area contributed by atoms with Gasteiger partial charge >= 0.3 is 7.12 Å². The highest BCUT2D eigenvalue weighted by atomic mass is 16.4. The van der Waals surface area contributed by atoms with E-state index in [2.05, 4.69) is 0 Å². The number of fused-ring (bicyclic) bond motifs is 1. The van der Waals surface area contributed by atoms with Gasteiger partial charge in [0.25, 0.3) is 0 Å². The zero-order chi connectivity index (χ0) is 12.5. The SMILES string of the molecule is OB(O)c1cccc2cc(-c3ccccc3)cn12. The predicted octanol–water partition coefficient (Wildman–Crippen LogP) is 1.29. The van der Waals surface area contributed by atoms with Crippen molar-refractivity contribution in [2.75, 3.05) is 0 Å². The molecule has 0 unspecified atom stereocenters. The van der Waals surface area contributed by atoms with E-state index in [4.69, 9.17) is 0 Å². The van der Waals surface area contributed by atoms with E-state index in [9.17, 15) is 10.0 Å². The summed E-state index contributed by atoms with van der Waals surface area (Å²) in [6.45, 7) is 0. The second-order valence-corrected chi connectivity index (χ2v) is 4.21. The first kappa shape index (κ1) is 11.1. The van der Waals surface area contributed by atoms with Gasteiger partial charge in [-0.2, -0.15) is 0 Å². The Balaban J connectivity index is 2.20. The van der Waals surface area contributed by atoms with E-state index in [0.29, 0.717) is 5.59 Å². The fraction of sp³-hybridized carbons (Fsp3) is 0. The molecule has 0 amide bonds. The maximum atomic E-state index is 9.34. The van der Waals surface area contributed by atoms with Gasteiger partial charge in [0.15, 0.2) is 0 Å². The average molecular weight is 237 g/mol. The molecule has 1 aromatic carbocycles. The van der Waals surface area contributed by atoms with Crippen LogP contribution in [0.25, 0.3) is 16.6 Å². The lowest BCUT2D eigenvalue weighted by molar-refractivity contribution is 0.423. The monoisotopic (exact) mass is 237 g/mol. The maximum Gasteiger partial charge on any atom is 0.506 e. The minimum Gasteiger partial charge on any atom is -0.422 e. The van der Waals surface area contributed by atoms with Crippen LogP contribution in [0, 0.1) is 0 Å². The molecule has 0 saturated heterocycles. The number of pyridine rings is 1. The summed E-state index contributed by atoms with van der Waals surface area (Å²) >= 11 is 0. The fourth-order valence-electron chi connectivity index (χ4n) is 2.16. The third kappa shape index (κ3) is 1.81. The summed E-state index contributed by atoms with van der Waals surface area (Å²) in [5.74, 6) is 0. The summed E-state index contributed by atoms with van der Waals surface area (Å²) in [4.78, 5) is 0. The van der Waals surface area contributed by atoms with Crippen LogP contribution in [0.4, 0.5) is 0 Å². The van der Waals surface area contributed by atoms with E-state index < -0.39 is 7.12 Å². The molecule has 0 radical (unpaired) electrons. The zero-order valence-corrected chi connectivity index (χ0v) is 9.69. The van der Waals surface area contributed by atoms with Gasteiger partial charge in [0.1, 0.15) is 0 Å². The number of aromatic nitrogens is 1. The molecule has 0 atom stereocenters. The molecule has 3 rings (SSSR count). The lowest BCUT2D eigenvalue weighted by Crippen LogP contribution is -2.34. The van der Waals surface area contributed by atoms with E-state index in [0.717, 1.165) is 16.6 Å². The molecule has 0 saturated carbocycles. The molecule has 2 heterocycles. The summed E-state index contributed by atoms with van der Waals surface area (Å²) in [5.41, 5.74) is 3.58. The maximum absolute atomic E-state index is 9.34. The van der Waals surface area contributed by atoms with E-state index >= 15 is 0 Å². The van der Waals surface area contributed by atoms with Crippen molar-refractivity contribution in [2.45, 2.75) is 0 Å². The topological polar surface area (TPSA) is 44.9 Å². The van der Waals surface area contributed by atoms with Crippen LogP contribution in [0.15, 0.2) is 60.8 Å². The molecule has 0 fully saturated rings. The molecule has 4 heteroatoms. The number of benzene rings is 1. The molecule has 2 aromatic heterocycles. The molecule has 3 aromatic rings. The predicted molar refractivity (Wildman–Crippen MR) is 72.7 cm³/mol. The van der Waals surface area contributed by atoms with Gasteiger partial charge < -0.3 is 14.4 Å². The van der Waals surface area contributed by atoms with Crippen LogP contribution in [0.3, 0.4) is 0 Å². The Bertz CT molecular complexity index is 677. The van der Waals surface area contributed by atoms with Crippen molar-refractivity contribution < 1.29 is 10.0 Å². The quantitative estimate of drug-likeness (QED) is 0.659. The Morgan fingerprint density at radius 3 is 2.33 bits per heavy atom. The average Bonchev–Trinajstić information content (AvgIpc) is 2.83. The van der Waals surface area contributed by atoms with Gasteiger partial charge in [-0.1, -0.05) is 36.4 Å². The van der Waals surface area contributed by atoms with Crippen molar-refractivity contribution in [2.24, 2.45) is 0 Å². The van der Waals surface area contributed by atoms with Gasteiger partial charge in [0, 0.05) is 17.3 Å². The Hall–Kier alpha value is -2.04. The number of nitrogens with zero attached hydrogens (tertiary/aromatic N) is 1. The standard InChI is InChI=1S/C14H12BNO2/c17-15(18)14-8-4-7-13-9-12(10-16(13)14)11-5-2-1-3-6-11/h1-10,17-18H. The highest BCUT2D eigenvalue weighted by Crippen LogP contribution is 2.21. The van der Waals surface area contributed by atoms with Crippen molar-refractivity contribution in [1.29, 1.82) is 0 Å². The van der Waals surface area contributed by atoms with Crippen LogP contribution in [-0.4, -0.2) is 21.6 Å². The highest BCUT2D eigenvalue weighted by molar-refractivity contribution is 6.57. The Kier molecular flexibility index (Phi) is 2.66. The van der Waals surface area contributed by atoms with E-state index in [1.54, 1.807) is 10.5 Å². The summed E-state index contributed by atoms with van der Waals surface area (Å²) < 4.78 is 1.80. The second kappa shape index (κ2) is 4.33. The first-order valence-corrected chi connectivity index (χ1v) is 5.78. The highest BCUT2D eigenvalue weighted by Gasteiger charge is 2.15. The molecule has 2 N–H and O–H groups in total. The van der Waals surface area contributed by atoms with E-state index in [1.807, 2.05) is 54.7 Å². The van der Waals surface area contributed by atoms with E-state index in [-0.39, 0.29) is 0 Å². The fourth-order valence-corrected chi connectivity index (χ4v) is 2.16. The van der Waals surface area contributed by atoms with Crippen molar-refractivity contribution >= 4 is 18.2 Å². The summed E-state index contributed by atoms with van der Waals surface area (Å²) in [6.07, 6.45) is 1.92. The minimum absolute atomic E-state index is 0.467. The molecule has 0 aliphatic carbocycles. The summed E-state index contributed by atoms with van der Waals surface area (Å²) in [5, 5.41) is 18.7. The summed E-state index contributed by atoms with van der Waals surface area (Å²) in [7, 11) is -1.47. The normalized spacial score (nSPS) is 10.8. The lowest BCUT2D eigenvalue weighted by atomic mass is 9.85. The molecule has 0 aliphatic rings. The largest absolute Gasteiger partial charge is 0.506 e. The van der Waals surface area contributed by atoms with Gasteiger partial charge in [0.05, 0.1) is 5.59 Å². The Labute approximate surface area is 105 Å². The Morgan fingerprint density at radius 1 is 0.833 bits per heavy atom. The van der Waals surface area contributed by atoms with E-state index in [1.165, 1.54) is 0 Å². The van der Waals surface area contributed by atoms with Crippen LogP contribution in [0.2, 0.25) is 0 Å². The zero-order valence-electron chi connectivity index (χ0n) is 9.69. The molecule has 0 aliphatic heterocycles. The third-order valence-corrected chi connectivity index (χ3v) is 3.03. The van der Waals surface area contributed by atoms with Gasteiger partial charge in [0.2, 0.25) is 0 Å². The minimum atomic E-state index is -1.47. The van der Waals surface area contributed by atoms with Crippen molar-refractivity contribution in [1.82, 2.24) is 4.40 Å². The van der Waals surface area contributed by atoms with Crippen LogP contribution in [-0.2, 0) is 0 Å². The molecule has 18 heavy (non-hydrogen) atoms. The third-order valence-electron chi connectivity index (χ3n) is 3.03. The second-order valence-electron chi connectivity index (χ2n) is 4.21. The number of hydrogen-bond acceptors (Lipinski definition) is 2. The molecule has 3 nitrogen and oxygen atoms in total. The first-order chi connectivity index (χ1) is 8.75. The molecule has 88 valence electrons. The van der Waals surface area contributed by atoms with Crippen LogP contribution in [0.1, 0.15) is 0 Å². The molecular formula is C14H12BNO2. The van der Waals surface area contributed by atoms with Crippen molar-refractivity contribution in [3.05, 3.63) is 60.8 Å². The molecular weight excluding hydrogens is 225 g/mol.